The number of hydrogen-bond donors (Lipinski definition) is 2. The summed E-state index contributed by atoms with van der Waals surface area (Å²) >= 11 is 0. The summed E-state index contributed by atoms with van der Waals surface area (Å²) < 4.78 is 11.1. The average molecular weight is 375 g/mol. The second-order valence-corrected chi connectivity index (χ2v) is 6.74. The molecule has 3 aromatic rings. The van der Waals surface area contributed by atoms with Crippen molar-refractivity contribution in [1.82, 2.24) is 4.98 Å². The van der Waals surface area contributed by atoms with E-state index in [1.165, 1.54) is 0 Å². The van der Waals surface area contributed by atoms with Gasteiger partial charge in [-0.15, -0.1) is 0 Å². The van der Waals surface area contributed by atoms with Crippen molar-refractivity contribution in [2.24, 2.45) is 0 Å². The Bertz CT molecular complexity index is 1010. The number of nitrogens with one attached hydrogen (secondary N) is 2. The highest BCUT2D eigenvalue weighted by Crippen LogP contribution is 2.32. The number of carbonyl (C=O) groups is 1. The van der Waals surface area contributed by atoms with Crippen molar-refractivity contribution < 1.29 is 14.3 Å². The molecule has 1 aliphatic heterocycles. The summed E-state index contributed by atoms with van der Waals surface area (Å²) in [7, 11) is 0. The molecule has 0 saturated carbocycles. The van der Waals surface area contributed by atoms with Gasteiger partial charge in [-0.25, -0.2) is 4.98 Å². The first-order chi connectivity index (χ1) is 13.6. The number of pyridine rings is 1. The molecular weight excluding hydrogens is 354 g/mol. The lowest BCUT2D eigenvalue weighted by Crippen LogP contribution is -2.16. The molecule has 1 aliphatic rings. The molecule has 1 aromatic heterocycles. The van der Waals surface area contributed by atoms with Crippen molar-refractivity contribution in [1.29, 1.82) is 0 Å². The van der Waals surface area contributed by atoms with Gasteiger partial charge < -0.3 is 20.1 Å². The van der Waals surface area contributed by atoms with Crippen LogP contribution in [0.2, 0.25) is 0 Å². The van der Waals surface area contributed by atoms with Crippen LogP contribution in [0.25, 0.3) is 0 Å². The van der Waals surface area contributed by atoms with Crippen LogP contribution in [0.15, 0.2) is 54.7 Å². The smallest absolute Gasteiger partial charge is 0.255 e. The number of anilines is 3. The summed E-state index contributed by atoms with van der Waals surface area (Å²) in [5.74, 6) is 1.71. The predicted molar refractivity (Wildman–Crippen MR) is 109 cm³/mol. The summed E-state index contributed by atoms with van der Waals surface area (Å²) in [5, 5.41) is 6.15. The van der Waals surface area contributed by atoms with Crippen LogP contribution in [0.1, 0.15) is 21.5 Å². The van der Waals surface area contributed by atoms with Gasteiger partial charge in [0.2, 0.25) is 0 Å². The van der Waals surface area contributed by atoms with Crippen LogP contribution >= 0.6 is 0 Å². The van der Waals surface area contributed by atoms with Gasteiger partial charge in [-0.3, -0.25) is 4.79 Å². The number of aromatic nitrogens is 1. The van der Waals surface area contributed by atoms with E-state index in [4.69, 9.17) is 9.47 Å². The third-order valence-corrected chi connectivity index (χ3v) is 4.32. The lowest BCUT2D eigenvalue weighted by Gasteiger charge is -2.19. The zero-order valence-corrected chi connectivity index (χ0v) is 15.8. The molecule has 0 unspecified atom stereocenters. The molecule has 0 fully saturated rings. The highest BCUT2D eigenvalue weighted by atomic mass is 16.6. The summed E-state index contributed by atoms with van der Waals surface area (Å²) in [6.45, 7) is 5.12. The lowest BCUT2D eigenvalue weighted by molar-refractivity contribution is 0.102. The minimum Gasteiger partial charge on any atom is -0.486 e. The van der Waals surface area contributed by atoms with Gasteiger partial charge in [0, 0.05) is 29.2 Å². The molecule has 0 radical (unpaired) electrons. The zero-order valence-electron chi connectivity index (χ0n) is 15.8. The van der Waals surface area contributed by atoms with E-state index < -0.39 is 0 Å². The molecule has 28 heavy (non-hydrogen) atoms. The van der Waals surface area contributed by atoms with Gasteiger partial charge in [0.05, 0.1) is 0 Å². The number of benzene rings is 2. The SMILES string of the molecule is Cc1cc(C)cc(Nc2cc(C(=O)Nc3ccc4c(c3)OCCO4)ccn2)c1. The molecule has 0 aliphatic carbocycles. The molecule has 0 spiro atoms. The molecule has 0 bridgehead atoms. The van der Waals surface area contributed by atoms with E-state index in [-0.39, 0.29) is 5.91 Å². The molecule has 1 amide bonds. The fraction of sp³-hybridized carbons (Fsp3) is 0.182. The highest BCUT2D eigenvalue weighted by molar-refractivity contribution is 6.04. The van der Waals surface area contributed by atoms with Gasteiger partial charge in [0.15, 0.2) is 11.5 Å². The van der Waals surface area contributed by atoms with Gasteiger partial charge >= 0.3 is 0 Å². The second-order valence-electron chi connectivity index (χ2n) is 6.74. The van der Waals surface area contributed by atoms with Crippen LogP contribution < -0.4 is 20.1 Å². The number of ether oxygens (including phenoxy) is 2. The van der Waals surface area contributed by atoms with Gasteiger partial charge in [0.1, 0.15) is 19.0 Å². The highest BCUT2D eigenvalue weighted by Gasteiger charge is 2.14. The Morgan fingerprint density at radius 1 is 0.893 bits per heavy atom. The Morgan fingerprint density at radius 3 is 2.43 bits per heavy atom. The number of amides is 1. The van der Waals surface area contributed by atoms with Crippen molar-refractivity contribution in [2.75, 3.05) is 23.8 Å². The Morgan fingerprint density at radius 2 is 1.64 bits per heavy atom. The van der Waals surface area contributed by atoms with Crippen molar-refractivity contribution in [3.8, 4) is 11.5 Å². The summed E-state index contributed by atoms with van der Waals surface area (Å²) in [6.07, 6.45) is 1.61. The standard InChI is InChI=1S/C22H21N3O3/c1-14-9-15(2)11-18(10-14)24-21-12-16(5-6-23-21)22(26)25-17-3-4-19-20(13-17)28-8-7-27-19/h3-6,9-13H,7-8H2,1-2H3,(H,23,24)(H,25,26). The number of fused-ring (bicyclic) bond motifs is 1. The molecule has 0 saturated heterocycles. The van der Waals surface area contributed by atoms with Crippen LogP contribution in [0.4, 0.5) is 17.2 Å². The van der Waals surface area contributed by atoms with E-state index in [0.29, 0.717) is 41.8 Å². The first kappa shape index (κ1) is 17.9. The Labute approximate surface area is 163 Å². The van der Waals surface area contributed by atoms with Crippen LogP contribution in [-0.4, -0.2) is 24.1 Å². The molecule has 6 nitrogen and oxygen atoms in total. The van der Waals surface area contributed by atoms with Crippen molar-refractivity contribution in [2.45, 2.75) is 13.8 Å². The zero-order chi connectivity index (χ0) is 19.5. The van der Waals surface area contributed by atoms with Crippen LogP contribution in [0, 0.1) is 13.8 Å². The normalized spacial score (nSPS) is 12.4. The molecule has 2 N–H and O–H groups in total. The van der Waals surface area contributed by atoms with Crippen molar-refractivity contribution in [3.05, 3.63) is 71.4 Å². The number of hydrogen-bond acceptors (Lipinski definition) is 5. The van der Waals surface area contributed by atoms with E-state index in [2.05, 4.69) is 21.7 Å². The maximum atomic E-state index is 12.7. The fourth-order valence-electron chi connectivity index (χ4n) is 3.16. The molecule has 2 heterocycles. The third kappa shape index (κ3) is 4.06. The summed E-state index contributed by atoms with van der Waals surface area (Å²) in [6, 6.07) is 14.9. The van der Waals surface area contributed by atoms with Crippen molar-refractivity contribution in [3.63, 3.8) is 0 Å². The molecular formula is C22H21N3O3. The quantitative estimate of drug-likeness (QED) is 0.704. The Balaban J connectivity index is 1.50. The lowest BCUT2D eigenvalue weighted by atomic mass is 10.1. The van der Waals surface area contributed by atoms with E-state index in [1.807, 2.05) is 26.0 Å². The molecule has 6 heteroatoms. The van der Waals surface area contributed by atoms with Crippen molar-refractivity contribution >= 4 is 23.1 Å². The molecule has 4 rings (SSSR count). The minimum atomic E-state index is -0.220. The number of aryl methyl sites for hydroxylation is 2. The molecule has 142 valence electrons. The predicted octanol–water partition coefficient (Wildman–Crippen LogP) is 4.47. The number of carbonyl (C=O) groups excluding carboxylic acids is 1. The largest absolute Gasteiger partial charge is 0.486 e. The molecule has 2 aromatic carbocycles. The monoisotopic (exact) mass is 375 g/mol. The Kier molecular flexibility index (Phi) is 4.85. The fourth-order valence-corrected chi connectivity index (χ4v) is 3.16. The average Bonchev–Trinajstić information content (AvgIpc) is 2.67. The van der Waals surface area contributed by atoms with E-state index >= 15 is 0 Å². The number of nitrogens with zero attached hydrogens (tertiary/aromatic N) is 1. The summed E-state index contributed by atoms with van der Waals surface area (Å²) in [4.78, 5) is 17.0. The summed E-state index contributed by atoms with van der Waals surface area (Å²) in [5.41, 5.74) is 4.42. The van der Waals surface area contributed by atoms with E-state index in [0.717, 1.165) is 16.8 Å². The second kappa shape index (κ2) is 7.60. The van der Waals surface area contributed by atoms with Gasteiger partial charge in [-0.2, -0.15) is 0 Å². The van der Waals surface area contributed by atoms with Crippen LogP contribution in [0.3, 0.4) is 0 Å². The maximum Gasteiger partial charge on any atom is 0.255 e. The topological polar surface area (TPSA) is 72.5 Å². The first-order valence-electron chi connectivity index (χ1n) is 9.09. The van der Waals surface area contributed by atoms with Gasteiger partial charge in [-0.1, -0.05) is 6.07 Å². The molecule has 0 atom stereocenters. The Hall–Kier alpha value is -3.54. The first-order valence-corrected chi connectivity index (χ1v) is 9.09. The van der Waals surface area contributed by atoms with Gasteiger partial charge in [-0.05, 0) is 61.4 Å². The van der Waals surface area contributed by atoms with E-state index in [1.54, 1.807) is 36.5 Å². The van der Waals surface area contributed by atoms with Gasteiger partial charge in [0.25, 0.3) is 5.91 Å². The third-order valence-electron chi connectivity index (χ3n) is 4.32. The maximum absolute atomic E-state index is 12.7. The van der Waals surface area contributed by atoms with E-state index in [9.17, 15) is 4.79 Å². The van der Waals surface area contributed by atoms with Crippen LogP contribution in [-0.2, 0) is 0 Å². The van der Waals surface area contributed by atoms with Crippen LogP contribution in [0.5, 0.6) is 11.5 Å². The minimum absolute atomic E-state index is 0.220. The number of rotatable bonds is 4.